The molecule has 0 saturated heterocycles. The quantitative estimate of drug-likeness (QED) is 0.713. The summed E-state index contributed by atoms with van der Waals surface area (Å²) in [6.07, 6.45) is 5.45. The second-order valence-corrected chi connectivity index (χ2v) is 6.27. The van der Waals surface area contributed by atoms with Gasteiger partial charge in [0.1, 0.15) is 0 Å². The third kappa shape index (κ3) is 7.39. The van der Waals surface area contributed by atoms with Gasteiger partial charge in [-0.1, -0.05) is 13.8 Å². The minimum atomic E-state index is -0.0454. The lowest BCUT2D eigenvalue weighted by atomic mass is 10.1. The molecule has 0 unspecified atom stereocenters. The minimum absolute atomic E-state index is 0.0454. The number of rotatable bonds is 9. The normalized spacial score (nSPS) is 13.0. The molecule has 1 atom stereocenters. The molecule has 4 nitrogen and oxygen atoms in total. The number of thiazole rings is 1. The van der Waals surface area contributed by atoms with Crippen LogP contribution in [0.4, 0.5) is 0 Å². The van der Waals surface area contributed by atoms with E-state index in [0.717, 1.165) is 43.2 Å². The van der Waals surface area contributed by atoms with Crippen molar-refractivity contribution in [2.75, 3.05) is 19.6 Å². The summed E-state index contributed by atoms with van der Waals surface area (Å²) in [5, 5.41) is 5.96. The number of aryl methyl sites for hydroxylation is 1. The van der Waals surface area contributed by atoms with E-state index in [0.29, 0.717) is 0 Å². The van der Waals surface area contributed by atoms with Crippen LogP contribution in [0, 0.1) is 6.92 Å². The molecule has 1 aromatic rings. The van der Waals surface area contributed by atoms with Gasteiger partial charge in [-0.3, -0.25) is 4.79 Å². The van der Waals surface area contributed by atoms with Gasteiger partial charge < -0.3 is 10.2 Å². The van der Waals surface area contributed by atoms with E-state index < -0.39 is 0 Å². The maximum atomic E-state index is 11.8. The van der Waals surface area contributed by atoms with E-state index in [1.807, 2.05) is 12.3 Å². The number of nitrogens with zero attached hydrogens (tertiary/aromatic N) is 2. The van der Waals surface area contributed by atoms with Crippen LogP contribution < -0.4 is 5.32 Å². The van der Waals surface area contributed by atoms with Crippen molar-refractivity contribution in [1.82, 2.24) is 15.2 Å². The molecule has 0 aliphatic carbocycles. The van der Waals surface area contributed by atoms with Crippen molar-refractivity contribution in [3.8, 4) is 0 Å². The molecule has 0 aromatic carbocycles. The van der Waals surface area contributed by atoms with Gasteiger partial charge in [-0.25, -0.2) is 4.98 Å². The molecule has 0 fully saturated rings. The number of nitrogens with one attached hydrogen (secondary N) is 1. The smallest absolute Gasteiger partial charge is 0.244 e. The number of amides is 1. The zero-order chi connectivity index (χ0) is 15.7. The third-order valence-corrected chi connectivity index (χ3v) is 4.23. The first-order chi connectivity index (χ1) is 10.0. The van der Waals surface area contributed by atoms with Crippen LogP contribution in [0.5, 0.6) is 0 Å². The van der Waals surface area contributed by atoms with Crippen molar-refractivity contribution < 1.29 is 4.79 Å². The number of hydrogen-bond acceptors (Lipinski definition) is 4. The summed E-state index contributed by atoms with van der Waals surface area (Å²) in [6, 6.07) is 0.204. The fraction of sp³-hybridized carbons (Fsp3) is 0.625. The van der Waals surface area contributed by atoms with Crippen LogP contribution in [-0.4, -0.2) is 41.5 Å². The van der Waals surface area contributed by atoms with Crippen LogP contribution in [-0.2, 0) is 4.79 Å². The molecule has 0 aliphatic rings. The van der Waals surface area contributed by atoms with Gasteiger partial charge in [0, 0.05) is 17.5 Å². The Hall–Kier alpha value is -1.20. The molecule has 1 N–H and O–H groups in total. The molecule has 0 spiro atoms. The van der Waals surface area contributed by atoms with E-state index in [1.165, 1.54) is 0 Å². The lowest BCUT2D eigenvalue weighted by Gasteiger charge is -2.19. The van der Waals surface area contributed by atoms with E-state index in [4.69, 9.17) is 0 Å². The Morgan fingerprint density at radius 2 is 2.19 bits per heavy atom. The molecule has 1 amide bonds. The van der Waals surface area contributed by atoms with Crippen LogP contribution in [0.3, 0.4) is 0 Å². The molecule has 1 rings (SSSR count). The summed E-state index contributed by atoms with van der Waals surface area (Å²) in [7, 11) is 0. The zero-order valence-corrected chi connectivity index (χ0v) is 14.4. The summed E-state index contributed by atoms with van der Waals surface area (Å²) in [6.45, 7) is 11.7. The minimum Gasteiger partial charge on any atom is -0.350 e. The molecule has 1 aromatic heterocycles. The highest BCUT2D eigenvalue weighted by molar-refractivity contribution is 7.09. The maximum Gasteiger partial charge on any atom is 0.244 e. The van der Waals surface area contributed by atoms with Gasteiger partial charge in [0.05, 0.1) is 10.7 Å². The molecule has 118 valence electrons. The van der Waals surface area contributed by atoms with E-state index in [1.54, 1.807) is 23.5 Å². The largest absolute Gasteiger partial charge is 0.350 e. The van der Waals surface area contributed by atoms with Crippen molar-refractivity contribution in [2.24, 2.45) is 0 Å². The van der Waals surface area contributed by atoms with Crippen LogP contribution >= 0.6 is 11.3 Å². The van der Waals surface area contributed by atoms with Gasteiger partial charge in [0.25, 0.3) is 0 Å². The number of aromatic nitrogens is 1. The van der Waals surface area contributed by atoms with E-state index >= 15 is 0 Å². The van der Waals surface area contributed by atoms with E-state index in [2.05, 4.69) is 36.0 Å². The predicted octanol–water partition coefficient (Wildman–Crippen LogP) is 3.09. The van der Waals surface area contributed by atoms with E-state index in [-0.39, 0.29) is 11.9 Å². The molecular weight excluding hydrogens is 282 g/mol. The number of carbonyl (C=O) groups is 1. The first kappa shape index (κ1) is 17.9. The Morgan fingerprint density at radius 1 is 1.48 bits per heavy atom. The van der Waals surface area contributed by atoms with Gasteiger partial charge in [0.15, 0.2) is 0 Å². The van der Waals surface area contributed by atoms with Crippen molar-refractivity contribution in [2.45, 2.75) is 46.6 Å². The maximum absolute atomic E-state index is 11.8. The Kier molecular flexibility index (Phi) is 8.23. The average molecular weight is 309 g/mol. The van der Waals surface area contributed by atoms with E-state index in [9.17, 15) is 4.79 Å². The van der Waals surface area contributed by atoms with Gasteiger partial charge >= 0.3 is 0 Å². The van der Waals surface area contributed by atoms with Gasteiger partial charge in [-0.05, 0) is 52.4 Å². The van der Waals surface area contributed by atoms with Crippen molar-refractivity contribution in [3.05, 3.63) is 22.2 Å². The summed E-state index contributed by atoms with van der Waals surface area (Å²) in [5.41, 5.74) is 0.849. The lowest BCUT2D eigenvalue weighted by molar-refractivity contribution is -0.117. The Morgan fingerprint density at radius 3 is 2.76 bits per heavy atom. The molecular formula is C16H27N3OS. The molecule has 21 heavy (non-hydrogen) atoms. The van der Waals surface area contributed by atoms with Crippen molar-refractivity contribution >= 4 is 23.3 Å². The topological polar surface area (TPSA) is 45.2 Å². The van der Waals surface area contributed by atoms with Gasteiger partial charge in [-0.2, -0.15) is 0 Å². The first-order valence-electron chi connectivity index (χ1n) is 7.68. The molecule has 0 radical (unpaired) electrons. The average Bonchev–Trinajstić information content (AvgIpc) is 2.87. The fourth-order valence-electron chi connectivity index (χ4n) is 2.14. The van der Waals surface area contributed by atoms with Crippen LogP contribution in [0.25, 0.3) is 6.08 Å². The predicted molar refractivity (Wildman–Crippen MR) is 90.5 cm³/mol. The Bertz CT molecular complexity index is 452. The van der Waals surface area contributed by atoms with Crippen LogP contribution in [0.2, 0.25) is 0 Å². The molecule has 1 heterocycles. The second kappa shape index (κ2) is 9.68. The number of hydrogen-bond donors (Lipinski definition) is 1. The monoisotopic (exact) mass is 309 g/mol. The Balaban J connectivity index is 2.25. The van der Waals surface area contributed by atoms with Gasteiger partial charge in [0.2, 0.25) is 5.91 Å². The standard InChI is InChI=1S/C16H27N3OS/c1-5-19(6-2)11-7-8-13(3)17-16(20)10-9-15-12-21-14(4)18-15/h9-10,12-13H,5-8,11H2,1-4H3,(H,17,20)/b10-9+/t13-/m1/s1. The fourth-order valence-corrected chi connectivity index (χ4v) is 2.72. The highest BCUT2D eigenvalue weighted by Crippen LogP contribution is 2.09. The van der Waals surface area contributed by atoms with Crippen molar-refractivity contribution in [1.29, 1.82) is 0 Å². The summed E-state index contributed by atoms with van der Waals surface area (Å²) >= 11 is 1.59. The number of carbonyl (C=O) groups excluding carboxylic acids is 1. The first-order valence-corrected chi connectivity index (χ1v) is 8.56. The Labute approximate surface area is 132 Å². The van der Waals surface area contributed by atoms with Gasteiger partial charge in [-0.15, -0.1) is 11.3 Å². The summed E-state index contributed by atoms with van der Waals surface area (Å²) in [5.74, 6) is -0.0454. The highest BCUT2D eigenvalue weighted by Gasteiger charge is 2.06. The third-order valence-electron chi connectivity index (χ3n) is 3.44. The summed E-state index contributed by atoms with van der Waals surface area (Å²) < 4.78 is 0. The molecule has 5 heteroatoms. The lowest BCUT2D eigenvalue weighted by Crippen LogP contribution is -2.32. The van der Waals surface area contributed by atoms with Crippen molar-refractivity contribution in [3.63, 3.8) is 0 Å². The second-order valence-electron chi connectivity index (χ2n) is 5.20. The highest BCUT2D eigenvalue weighted by atomic mass is 32.1. The summed E-state index contributed by atoms with van der Waals surface area (Å²) in [4.78, 5) is 18.5. The molecule has 0 bridgehead atoms. The SMILES string of the molecule is CCN(CC)CCC[C@@H](C)NC(=O)/C=C/c1csc(C)n1. The molecule has 0 aliphatic heterocycles. The van der Waals surface area contributed by atoms with Crippen LogP contribution in [0.15, 0.2) is 11.5 Å². The zero-order valence-electron chi connectivity index (χ0n) is 13.6. The molecule has 0 saturated carbocycles. The van der Waals surface area contributed by atoms with Crippen LogP contribution in [0.1, 0.15) is 44.3 Å².